The molecule has 4 unspecified atom stereocenters. The summed E-state index contributed by atoms with van der Waals surface area (Å²) in [6.45, 7) is 10.6. The van der Waals surface area contributed by atoms with E-state index in [9.17, 15) is 9.59 Å². The summed E-state index contributed by atoms with van der Waals surface area (Å²) in [5.74, 6) is -0.0407. The summed E-state index contributed by atoms with van der Waals surface area (Å²) in [5, 5.41) is 0. The maximum Gasteiger partial charge on any atom is 0.335 e. The molecular formula is C20H28O4Si. The van der Waals surface area contributed by atoms with Gasteiger partial charge in [-0.05, 0) is 63.7 Å². The first-order valence-corrected chi connectivity index (χ1v) is 13.0. The van der Waals surface area contributed by atoms with Crippen LogP contribution >= 0.6 is 0 Å². The molecule has 0 bridgehead atoms. The first kappa shape index (κ1) is 17.2. The summed E-state index contributed by atoms with van der Waals surface area (Å²) >= 11 is 0. The van der Waals surface area contributed by atoms with Gasteiger partial charge in [-0.3, -0.25) is 4.79 Å². The van der Waals surface area contributed by atoms with E-state index in [1.165, 1.54) is 0 Å². The number of hydrogen-bond donors (Lipinski definition) is 0. The third-order valence-corrected chi connectivity index (χ3v) is 7.58. The lowest BCUT2D eigenvalue weighted by atomic mass is 9.47. The zero-order valence-corrected chi connectivity index (χ0v) is 16.5. The number of carbonyl (C=O) groups is 2. The fourth-order valence-electron chi connectivity index (χ4n) is 5.77. The molecule has 4 nitrogen and oxygen atoms in total. The number of rotatable bonds is 4. The quantitative estimate of drug-likeness (QED) is 0.433. The Morgan fingerprint density at radius 3 is 2.64 bits per heavy atom. The van der Waals surface area contributed by atoms with E-state index in [4.69, 9.17) is 9.16 Å². The Bertz CT molecular complexity index is 688. The van der Waals surface area contributed by atoms with Gasteiger partial charge in [-0.25, -0.2) is 4.79 Å². The van der Waals surface area contributed by atoms with Crippen LogP contribution < -0.4 is 0 Å². The molecule has 3 fully saturated rings. The number of ether oxygens (including phenoxy) is 1. The van der Waals surface area contributed by atoms with Crippen molar-refractivity contribution >= 4 is 20.1 Å². The zero-order chi connectivity index (χ0) is 18.0. The normalized spacial score (nSPS) is 40.4. The van der Waals surface area contributed by atoms with E-state index >= 15 is 0 Å². The highest BCUT2D eigenvalue weighted by Crippen LogP contribution is 2.70. The third-order valence-electron chi connectivity index (χ3n) is 6.60. The van der Waals surface area contributed by atoms with Crippen LogP contribution in [0, 0.1) is 11.3 Å². The molecule has 4 rings (SSSR count). The average molecular weight is 361 g/mol. The Morgan fingerprint density at radius 2 is 2.00 bits per heavy atom. The van der Waals surface area contributed by atoms with Crippen LogP contribution in [0.5, 0.6) is 0 Å². The average Bonchev–Trinajstić information content (AvgIpc) is 2.99. The van der Waals surface area contributed by atoms with Gasteiger partial charge in [-0.1, -0.05) is 6.08 Å². The van der Waals surface area contributed by atoms with E-state index in [2.05, 4.69) is 26.2 Å². The van der Waals surface area contributed by atoms with Crippen molar-refractivity contribution in [3.63, 3.8) is 0 Å². The monoisotopic (exact) mass is 360 g/mol. The van der Waals surface area contributed by atoms with Crippen LogP contribution in [-0.2, 0) is 18.8 Å². The van der Waals surface area contributed by atoms with Crippen molar-refractivity contribution < 1.29 is 18.8 Å². The van der Waals surface area contributed by atoms with Crippen LogP contribution in [0.4, 0.5) is 0 Å². The van der Waals surface area contributed by atoms with Gasteiger partial charge in [-0.2, -0.15) is 0 Å². The minimum atomic E-state index is -1.89. The number of carbonyl (C=O) groups excluding carboxylic acids is 2. The van der Waals surface area contributed by atoms with Crippen molar-refractivity contribution in [1.82, 2.24) is 0 Å². The second-order valence-electron chi connectivity index (χ2n) is 9.04. The zero-order valence-electron chi connectivity index (χ0n) is 15.5. The summed E-state index contributed by atoms with van der Waals surface area (Å²) in [7, 11) is -1.89. The highest BCUT2D eigenvalue weighted by molar-refractivity contribution is 6.69. The number of esters is 1. The van der Waals surface area contributed by atoms with Gasteiger partial charge in [0, 0.05) is 17.8 Å². The predicted molar refractivity (Wildman–Crippen MR) is 97.5 cm³/mol. The Hall–Kier alpha value is -1.20. The molecule has 4 atom stereocenters. The second kappa shape index (κ2) is 5.40. The van der Waals surface area contributed by atoms with Crippen molar-refractivity contribution in [3.8, 4) is 0 Å². The van der Waals surface area contributed by atoms with Gasteiger partial charge in [-0.15, -0.1) is 6.58 Å². The maximum absolute atomic E-state index is 12.9. The van der Waals surface area contributed by atoms with Crippen molar-refractivity contribution in [3.05, 3.63) is 23.8 Å². The number of fused-ring (bicyclic) bond motifs is 2. The van der Waals surface area contributed by atoms with Gasteiger partial charge >= 0.3 is 5.97 Å². The Balaban J connectivity index is 1.87. The van der Waals surface area contributed by atoms with Crippen LogP contribution in [0.2, 0.25) is 19.6 Å². The first-order chi connectivity index (χ1) is 11.7. The van der Waals surface area contributed by atoms with Crippen LogP contribution in [-0.4, -0.2) is 31.8 Å². The molecule has 0 N–H and O–H groups in total. The highest BCUT2D eigenvalue weighted by Gasteiger charge is 2.74. The lowest BCUT2D eigenvalue weighted by molar-refractivity contribution is -0.160. The van der Waals surface area contributed by atoms with Gasteiger partial charge in [0.15, 0.2) is 8.32 Å². The molecule has 1 heterocycles. The molecule has 5 heteroatoms. The van der Waals surface area contributed by atoms with E-state index in [-0.39, 0.29) is 23.8 Å². The lowest BCUT2D eigenvalue weighted by Gasteiger charge is -2.61. The van der Waals surface area contributed by atoms with E-state index in [1.54, 1.807) is 0 Å². The number of Topliss-reactive ketones (excluding diaryl/α,β-unsaturated/α-hetero) is 1. The molecule has 4 aliphatic rings. The molecule has 0 aromatic rings. The first-order valence-electron chi connectivity index (χ1n) is 9.55. The molecular weight excluding hydrogens is 332 g/mol. The second-order valence-corrected chi connectivity index (χ2v) is 13.5. The molecule has 0 amide bonds. The highest BCUT2D eigenvalue weighted by atomic mass is 28.4. The fraction of sp³-hybridized carbons (Fsp3) is 0.700. The molecule has 136 valence electrons. The summed E-state index contributed by atoms with van der Waals surface area (Å²) in [6.07, 6.45) is 7.71. The number of ketones is 1. The Morgan fingerprint density at radius 1 is 1.24 bits per heavy atom. The van der Waals surface area contributed by atoms with E-state index < -0.39 is 19.3 Å². The standard InChI is InChI=1S/C20H28O4Si/c1-5-19(24-25(2,3)4)12-14-15(21)10-11-20(14,19)17-13-8-6-7-9-16(13)23-18(17)22/h5,14,16H,1,6-12H2,2-4H3. The molecule has 1 aliphatic heterocycles. The van der Waals surface area contributed by atoms with Crippen LogP contribution in [0.1, 0.15) is 44.9 Å². The molecule has 25 heavy (non-hydrogen) atoms. The van der Waals surface area contributed by atoms with Crippen molar-refractivity contribution in [2.24, 2.45) is 11.3 Å². The minimum Gasteiger partial charge on any atom is -0.454 e. The SMILES string of the molecule is C=CC1(O[Si](C)(C)C)CC2C(=O)CCC21C1=C2CCCCC2OC1=O. The van der Waals surface area contributed by atoms with E-state index in [1.807, 2.05) is 6.08 Å². The van der Waals surface area contributed by atoms with Crippen LogP contribution in [0.15, 0.2) is 23.8 Å². The lowest BCUT2D eigenvalue weighted by Crippen LogP contribution is -2.67. The molecule has 3 saturated carbocycles. The molecule has 0 spiro atoms. The number of hydrogen-bond acceptors (Lipinski definition) is 4. The van der Waals surface area contributed by atoms with Crippen LogP contribution in [0.25, 0.3) is 0 Å². The van der Waals surface area contributed by atoms with Gasteiger partial charge in [0.2, 0.25) is 0 Å². The molecule has 0 saturated heterocycles. The van der Waals surface area contributed by atoms with Gasteiger partial charge in [0.05, 0.1) is 11.2 Å². The summed E-state index contributed by atoms with van der Waals surface area (Å²) < 4.78 is 12.4. The van der Waals surface area contributed by atoms with Crippen molar-refractivity contribution in [1.29, 1.82) is 0 Å². The molecule has 0 radical (unpaired) electrons. The third kappa shape index (κ3) is 2.21. The molecule has 3 aliphatic carbocycles. The smallest absolute Gasteiger partial charge is 0.335 e. The Labute approximate surface area is 150 Å². The summed E-state index contributed by atoms with van der Waals surface area (Å²) in [6, 6.07) is 0. The molecule has 0 aromatic heterocycles. The minimum absolute atomic E-state index is 0.0722. The van der Waals surface area contributed by atoms with E-state index in [0.717, 1.165) is 36.8 Å². The fourth-order valence-corrected chi connectivity index (χ4v) is 7.22. The molecule has 0 aromatic carbocycles. The van der Waals surface area contributed by atoms with E-state index in [0.29, 0.717) is 19.3 Å². The van der Waals surface area contributed by atoms with Gasteiger partial charge < -0.3 is 9.16 Å². The maximum atomic E-state index is 12.9. The van der Waals surface area contributed by atoms with Crippen molar-refractivity contribution in [2.75, 3.05) is 0 Å². The summed E-state index contributed by atoms with van der Waals surface area (Å²) in [5.41, 5.74) is 0.811. The van der Waals surface area contributed by atoms with Gasteiger partial charge in [0.1, 0.15) is 11.9 Å². The topological polar surface area (TPSA) is 52.6 Å². The predicted octanol–water partition coefficient (Wildman–Crippen LogP) is 3.93. The largest absolute Gasteiger partial charge is 0.454 e. The van der Waals surface area contributed by atoms with Gasteiger partial charge in [0.25, 0.3) is 0 Å². The summed E-state index contributed by atoms with van der Waals surface area (Å²) in [4.78, 5) is 25.5. The van der Waals surface area contributed by atoms with Crippen molar-refractivity contribution in [2.45, 2.75) is 76.3 Å². The Kier molecular flexibility index (Phi) is 3.72. The van der Waals surface area contributed by atoms with Crippen LogP contribution in [0.3, 0.4) is 0 Å².